The van der Waals surface area contributed by atoms with Crippen LogP contribution in [0.1, 0.15) is 40.1 Å². The highest BCUT2D eigenvalue weighted by Crippen LogP contribution is 2.31. The highest BCUT2D eigenvalue weighted by molar-refractivity contribution is 5.98. The van der Waals surface area contributed by atoms with Crippen molar-refractivity contribution in [2.45, 2.75) is 26.8 Å². The molecule has 0 aliphatic rings. The van der Waals surface area contributed by atoms with Crippen LogP contribution in [0, 0.1) is 13.8 Å². The van der Waals surface area contributed by atoms with Gasteiger partial charge in [-0.3, -0.25) is 9.78 Å². The van der Waals surface area contributed by atoms with Gasteiger partial charge in [-0.05, 0) is 73.9 Å². The third kappa shape index (κ3) is 4.47. The molecule has 174 valence electrons. The van der Waals surface area contributed by atoms with E-state index in [2.05, 4.69) is 27.5 Å². The van der Waals surface area contributed by atoms with Gasteiger partial charge in [0.05, 0.1) is 25.9 Å². The first kappa shape index (κ1) is 23.0. The fourth-order valence-electron chi connectivity index (χ4n) is 3.71. The Morgan fingerprint density at radius 3 is 2.35 bits per heavy atom. The number of carbonyl (C=O) groups is 1. The maximum atomic E-state index is 13.4. The number of nitrogens with zero attached hydrogens (tertiary/aromatic N) is 4. The predicted octanol–water partition coefficient (Wildman–Crippen LogP) is 4.45. The summed E-state index contributed by atoms with van der Waals surface area (Å²) in [6.07, 6.45) is 3.36. The van der Waals surface area contributed by atoms with E-state index in [0.29, 0.717) is 17.2 Å². The minimum atomic E-state index is -0.329. The van der Waals surface area contributed by atoms with Gasteiger partial charge >= 0.3 is 0 Å². The molecular formula is C26H27N5O3. The smallest absolute Gasteiger partial charge is 0.274 e. The van der Waals surface area contributed by atoms with Crippen molar-refractivity contribution in [3.63, 3.8) is 0 Å². The molecule has 0 saturated carbocycles. The lowest BCUT2D eigenvalue weighted by molar-refractivity contribution is 0.0935. The van der Waals surface area contributed by atoms with Gasteiger partial charge in [0.1, 0.15) is 5.69 Å². The van der Waals surface area contributed by atoms with Gasteiger partial charge in [-0.25, -0.2) is 4.68 Å². The number of benzene rings is 2. The highest BCUT2D eigenvalue weighted by atomic mass is 16.5. The van der Waals surface area contributed by atoms with Gasteiger partial charge < -0.3 is 14.8 Å². The molecule has 0 radical (unpaired) electrons. The number of methoxy groups -OCH3 is 2. The van der Waals surface area contributed by atoms with Gasteiger partial charge in [0.25, 0.3) is 5.91 Å². The quantitative estimate of drug-likeness (QED) is 0.441. The minimum absolute atomic E-state index is 0.233. The minimum Gasteiger partial charge on any atom is -0.493 e. The zero-order chi connectivity index (χ0) is 24.2. The molecule has 0 aliphatic heterocycles. The Bertz CT molecular complexity index is 1320. The molecule has 2 aromatic carbocycles. The molecule has 34 heavy (non-hydrogen) atoms. The molecule has 2 aromatic heterocycles. The molecule has 1 amide bonds. The third-order valence-electron chi connectivity index (χ3n) is 5.83. The van der Waals surface area contributed by atoms with Crippen molar-refractivity contribution in [1.29, 1.82) is 0 Å². The van der Waals surface area contributed by atoms with Crippen LogP contribution in [-0.2, 0) is 0 Å². The second-order valence-corrected chi connectivity index (χ2v) is 8.01. The molecule has 0 aliphatic carbocycles. The molecule has 8 nitrogen and oxygen atoms in total. The van der Waals surface area contributed by atoms with Crippen LogP contribution in [0.25, 0.3) is 16.9 Å². The second-order valence-electron chi connectivity index (χ2n) is 8.01. The molecule has 0 fully saturated rings. The molecule has 1 atom stereocenters. The first-order chi connectivity index (χ1) is 16.4. The number of hydrogen-bond acceptors (Lipinski definition) is 6. The molecule has 0 saturated heterocycles. The van der Waals surface area contributed by atoms with E-state index in [0.717, 1.165) is 22.4 Å². The molecule has 8 heteroatoms. The molecule has 4 aromatic rings. The standard InChI is InChI=1S/C26H27N5O3/c1-16-6-8-21(14-17(16)2)31-25(19-10-12-27-13-11-19)24(29-30-31)26(32)28-18(3)20-7-9-22(33-4)23(15-20)34-5/h6-15,18H,1-5H3,(H,28,32)/t18-/m0/s1. The number of pyridine rings is 1. The first-order valence-electron chi connectivity index (χ1n) is 10.9. The van der Waals surface area contributed by atoms with Gasteiger partial charge in [-0.15, -0.1) is 5.10 Å². The summed E-state index contributed by atoms with van der Waals surface area (Å²) in [6, 6.07) is 15.0. The molecule has 0 bridgehead atoms. The number of nitrogens with one attached hydrogen (secondary N) is 1. The number of ether oxygens (including phenoxy) is 2. The summed E-state index contributed by atoms with van der Waals surface area (Å²) in [4.78, 5) is 17.5. The molecule has 0 unspecified atom stereocenters. The van der Waals surface area contributed by atoms with E-state index >= 15 is 0 Å². The maximum absolute atomic E-state index is 13.4. The number of carbonyl (C=O) groups excluding carboxylic acids is 1. The summed E-state index contributed by atoms with van der Waals surface area (Å²) >= 11 is 0. The largest absolute Gasteiger partial charge is 0.493 e. The highest BCUT2D eigenvalue weighted by Gasteiger charge is 2.24. The van der Waals surface area contributed by atoms with Crippen LogP contribution in [0.4, 0.5) is 0 Å². The lowest BCUT2D eigenvalue weighted by Gasteiger charge is -2.16. The van der Waals surface area contributed by atoms with E-state index in [1.807, 2.05) is 62.4 Å². The van der Waals surface area contributed by atoms with E-state index in [4.69, 9.17) is 9.47 Å². The van der Waals surface area contributed by atoms with E-state index in [9.17, 15) is 4.79 Å². The number of hydrogen-bond donors (Lipinski definition) is 1. The van der Waals surface area contributed by atoms with Crippen molar-refractivity contribution < 1.29 is 14.3 Å². The SMILES string of the molecule is COc1ccc([C@H](C)NC(=O)c2nnn(-c3ccc(C)c(C)c3)c2-c2ccncc2)cc1OC. The van der Waals surface area contributed by atoms with Gasteiger partial charge in [0, 0.05) is 18.0 Å². The molecule has 2 heterocycles. The first-order valence-corrected chi connectivity index (χ1v) is 10.9. The monoisotopic (exact) mass is 457 g/mol. The summed E-state index contributed by atoms with van der Waals surface area (Å²) in [6.45, 7) is 6.00. The number of aromatic nitrogens is 4. The summed E-state index contributed by atoms with van der Waals surface area (Å²) in [5.74, 6) is 0.893. The third-order valence-corrected chi connectivity index (χ3v) is 5.83. The fourth-order valence-corrected chi connectivity index (χ4v) is 3.71. The van der Waals surface area contributed by atoms with Crippen LogP contribution >= 0.6 is 0 Å². The number of rotatable bonds is 7. The average Bonchev–Trinajstić information content (AvgIpc) is 3.31. The van der Waals surface area contributed by atoms with Crippen LogP contribution in [0.2, 0.25) is 0 Å². The van der Waals surface area contributed by atoms with Crippen LogP contribution in [-0.4, -0.2) is 40.1 Å². The Morgan fingerprint density at radius 2 is 1.68 bits per heavy atom. The fraction of sp³-hybridized carbons (Fsp3) is 0.231. The summed E-state index contributed by atoms with van der Waals surface area (Å²) in [7, 11) is 3.17. The van der Waals surface area contributed by atoms with Crippen molar-refractivity contribution in [1.82, 2.24) is 25.3 Å². The van der Waals surface area contributed by atoms with Crippen molar-refractivity contribution in [2.75, 3.05) is 14.2 Å². The van der Waals surface area contributed by atoms with Gasteiger partial charge in [-0.2, -0.15) is 0 Å². The number of amides is 1. The summed E-state index contributed by atoms with van der Waals surface area (Å²) in [5, 5.41) is 11.6. The Kier molecular flexibility index (Phi) is 6.58. The maximum Gasteiger partial charge on any atom is 0.274 e. The van der Waals surface area contributed by atoms with E-state index in [1.54, 1.807) is 31.3 Å². The van der Waals surface area contributed by atoms with Crippen molar-refractivity contribution in [3.8, 4) is 28.4 Å². The second kappa shape index (κ2) is 9.74. The van der Waals surface area contributed by atoms with E-state index < -0.39 is 0 Å². The lowest BCUT2D eigenvalue weighted by atomic mass is 10.1. The Hall–Kier alpha value is -4.20. The van der Waals surface area contributed by atoms with Crippen molar-refractivity contribution in [3.05, 3.63) is 83.3 Å². The van der Waals surface area contributed by atoms with Gasteiger partial charge in [-0.1, -0.05) is 17.3 Å². The molecule has 0 spiro atoms. The van der Waals surface area contributed by atoms with Crippen LogP contribution < -0.4 is 14.8 Å². The average molecular weight is 458 g/mol. The Morgan fingerprint density at radius 1 is 0.941 bits per heavy atom. The zero-order valence-corrected chi connectivity index (χ0v) is 19.9. The summed E-state index contributed by atoms with van der Waals surface area (Å²) in [5.41, 5.74) is 5.63. The lowest BCUT2D eigenvalue weighted by Crippen LogP contribution is -2.27. The van der Waals surface area contributed by atoms with Crippen molar-refractivity contribution >= 4 is 5.91 Å². The Labute approximate surface area is 198 Å². The van der Waals surface area contributed by atoms with Gasteiger partial charge in [0.15, 0.2) is 17.2 Å². The van der Waals surface area contributed by atoms with E-state index in [-0.39, 0.29) is 17.6 Å². The van der Waals surface area contributed by atoms with Crippen LogP contribution in [0.3, 0.4) is 0 Å². The summed E-state index contributed by atoms with van der Waals surface area (Å²) < 4.78 is 12.4. The number of aryl methyl sites for hydroxylation is 2. The van der Waals surface area contributed by atoms with E-state index in [1.165, 1.54) is 5.56 Å². The molecular weight excluding hydrogens is 430 g/mol. The zero-order valence-electron chi connectivity index (χ0n) is 19.9. The topological polar surface area (TPSA) is 91.2 Å². The van der Waals surface area contributed by atoms with Crippen LogP contribution in [0.15, 0.2) is 60.9 Å². The van der Waals surface area contributed by atoms with Crippen molar-refractivity contribution in [2.24, 2.45) is 0 Å². The Balaban J connectivity index is 1.70. The molecule has 1 N–H and O–H groups in total. The molecule has 4 rings (SSSR count). The van der Waals surface area contributed by atoms with Gasteiger partial charge in [0.2, 0.25) is 0 Å². The normalized spacial score (nSPS) is 11.7. The van der Waals surface area contributed by atoms with Crippen LogP contribution in [0.5, 0.6) is 11.5 Å². The predicted molar refractivity (Wildman–Crippen MR) is 129 cm³/mol.